The summed E-state index contributed by atoms with van der Waals surface area (Å²) in [5, 5.41) is 9.76. The second kappa shape index (κ2) is 6.21. The van der Waals surface area contributed by atoms with E-state index in [1.54, 1.807) is 31.0 Å². The van der Waals surface area contributed by atoms with Crippen LogP contribution >= 0.6 is 0 Å². The quantitative estimate of drug-likeness (QED) is 0.751. The second-order valence-electron chi connectivity index (χ2n) is 4.95. The molecular weight excluding hydrogens is 280 g/mol. The molecule has 112 valence electrons. The van der Waals surface area contributed by atoms with Crippen LogP contribution in [0.3, 0.4) is 0 Å². The minimum absolute atomic E-state index is 0.0783. The van der Waals surface area contributed by atoms with Crippen molar-refractivity contribution in [3.63, 3.8) is 0 Å². The van der Waals surface area contributed by atoms with E-state index in [-0.39, 0.29) is 5.91 Å². The number of rotatable bonds is 5. The van der Waals surface area contributed by atoms with Crippen LogP contribution in [0.5, 0.6) is 0 Å². The van der Waals surface area contributed by atoms with Crippen molar-refractivity contribution in [2.24, 2.45) is 7.05 Å². The normalized spacial score (nSPS) is 10.6. The fraction of sp³-hybridized carbons (Fsp3) is 0.200. The Morgan fingerprint density at radius 3 is 3.00 bits per heavy atom. The molecule has 0 bridgehead atoms. The highest BCUT2D eigenvalue weighted by Crippen LogP contribution is 2.18. The molecule has 7 heteroatoms. The molecule has 3 rings (SSSR count). The standard InChI is InChI=1S/C15H16N6O/c1-21-10-17-9-12(21)4-5-15(22)18-14-7-13(19-20-14)11-3-2-6-16-8-11/h2-3,6-10H,4-5H2,1H3,(H2,18,19,20,22). The highest BCUT2D eigenvalue weighted by molar-refractivity contribution is 5.90. The summed E-state index contributed by atoms with van der Waals surface area (Å²) in [4.78, 5) is 20.0. The Balaban J connectivity index is 1.58. The van der Waals surface area contributed by atoms with Gasteiger partial charge >= 0.3 is 0 Å². The minimum Gasteiger partial charge on any atom is -0.338 e. The molecule has 3 aromatic heterocycles. The van der Waals surface area contributed by atoms with Crippen LogP contribution in [0.25, 0.3) is 11.3 Å². The molecular formula is C15H16N6O. The zero-order valence-electron chi connectivity index (χ0n) is 12.2. The molecule has 0 saturated carbocycles. The smallest absolute Gasteiger partial charge is 0.225 e. The van der Waals surface area contributed by atoms with Gasteiger partial charge in [-0.25, -0.2) is 4.98 Å². The van der Waals surface area contributed by atoms with Crippen LogP contribution in [0.1, 0.15) is 12.1 Å². The topological polar surface area (TPSA) is 88.5 Å². The maximum Gasteiger partial charge on any atom is 0.225 e. The number of amides is 1. The first-order valence-corrected chi connectivity index (χ1v) is 6.93. The molecule has 0 unspecified atom stereocenters. The number of H-pyrrole nitrogens is 1. The van der Waals surface area contributed by atoms with Gasteiger partial charge in [-0.3, -0.25) is 14.9 Å². The van der Waals surface area contributed by atoms with E-state index in [9.17, 15) is 4.79 Å². The van der Waals surface area contributed by atoms with Gasteiger partial charge in [0, 0.05) is 49.4 Å². The first-order chi connectivity index (χ1) is 10.7. The highest BCUT2D eigenvalue weighted by Gasteiger charge is 2.08. The van der Waals surface area contributed by atoms with Gasteiger partial charge in [0.25, 0.3) is 0 Å². The average molecular weight is 296 g/mol. The Morgan fingerprint density at radius 1 is 1.36 bits per heavy atom. The zero-order chi connectivity index (χ0) is 15.4. The van der Waals surface area contributed by atoms with Crippen molar-refractivity contribution in [2.75, 3.05) is 5.32 Å². The number of imidazole rings is 1. The van der Waals surface area contributed by atoms with E-state index in [0.717, 1.165) is 17.0 Å². The van der Waals surface area contributed by atoms with Gasteiger partial charge in [-0.2, -0.15) is 5.10 Å². The lowest BCUT2D eigenvalue weighted by molar-refractivity contribution is -0.116. The van der Waals surface area contributed by atoms with Crippen molar-refractivity contribution in [3.8, 4) is 11.3 Å². The molecule has 0 aromatic carbocycles. The maximum absolute atomic E-state index is 12.0. The number of carbonyl (C=O) groups excluding carboxylic acids is 1. The minimum atomic E-state index is -0.0783. The van der Waals surface area contributed by atoms with Crippen LogP contribution in [0.15, 0.2) is 43.1 Å². The van der Waals surface area contributed by atoms with Crippen LogP contribution in [-0.2, 0) is 18.3 Å². The van der Waals surface area contributed by atoms with E-state index < -0.39 is 0 Å². The molecule has 0 aliphatic rings. The maximum atomic E-state index is 12.0. The zero-order valence-corrected chi connectivity index (χ0v) is 12.2. The van der Waals surface area contributed by atoms with Crippen LogP contribution in [-0.4, -0.2) is 30.6 Å². The monoisotopic (exact) mass is 296 g/mol. The SMILES string of the molecule is Cn1cncc1CCC(=O)Nc1cc(-c2cccnc2)[nH]n1. The van der Waals surface area contributed by atoms with E-state index in [1.165, 1.54) is 0 Å². The predicted octanol–water partition coefficient (Wildman–Crippen LogP) is 1.78. The lowest BCUT2D eigenvalue weighted by Gasteiger charge is -2.02. The van der Waals surface area contributed by atoms with Gasteiger partial charge in [-0.05, 0) is 18.6 Å². The first-order valence-electron chi connectivity index (χ1n) is 6.93. The van der Waals surface area contributed by atoms with Gasteiger partial charge in [-0.15, -0.1) is 0 Å². The highest BCUT2D eigenvalue weighted by atomic mass is 16.1. The fourth-order valence-corrected chi connectivity index (χ4v) is 2.13. The Labute approximate surface area is 127 Å². The molecule has 0 atom stereocenters. The Morgan fingerprint density at radius 2 is 2.27 bits per heavy atom. The number of aromatic amines is 1. The van der Waals surface area contributed by atoms with Gasteiger partial charge in [0.1, 0.15) is 0 Å². The van der Waals surface area contributed by atoms with E-state index in [1.807, 2.05) is 23.7 Å². The Bertz CT molecular complexity index is 761. The number of hydrogen-bond acceptors (Lipinski definition) is 4. The van der Waals surface area contributed by atoms with Crippen molar-refractivity contribution in [1.82, 2.24) is 24.7 Å². The number of nitrogens with one attached hydrogen (secondary N) is 2. The molecule has 0 fully saturated rings. The molecule has 0 saturated heterocycles. The van der Waals surface area contributed by atoms with E-state index >= 15 is 0 Å². The number of nitrogens with zero attached hydrogens (tertiary/aromatic N) is 4. The molecule has 7 nitrogen and oxygen atoms in total. The van der Waals surface area contributed by atoms with Gasteiger partial charge in [0.2, 0.25) is 5.91 Å². The number of carbonyl (C=O) groups is 1. The largest absolute Gasteiger partial charge is 0.338 e. The van der Waals surface area contributed by atoms with Crippen LogP contribution < -0.4 is 5.32 Å². The molecule has 2 N–H and O–H groups in total. The van der Waals surface area contributed by atoms with Crippen LogP contribution in [0.2, 0.25) is 0 Å². The van der Waals surface area contributed by atoms with E-state index in [0.29, 0.717) is 18.7 Å². The van der Waals surface area contributed by atoms with Crippen molar-refractivity contribution in [3.05, 3.63) is 48.8 Å². The Hall–Kier alpha value is -2.96. The third-order valence-electron chi connectivity index (χ3n) is 3.34. The summed E-state index contributed by atoms with van der Waals surface area (Å²) < 4.78 is 1.91. The fourth-order valence-electron chi connectivity index (χ4n) is 2.13. The van der Waals surface area contributed by atoms with Crippen LogP contribution in [0.4, 0.5) is 5.82 Å². The summed E-state index contributed by atoms with van der Waals surface area (Å²) in [6.07, 6.45) is 7.96. The molecule has 1 amide bonds. The summed E-state index contributed by atoms with van der Waals surface area (Å²) in [7, 11) is 1.91. The molecule has 0 aliphatic heterocycles. The Kier molecular flexibility index (Phi) is 3.95. The lowest BCUT2D eigenvalue weighted by atomic mass is 10.2. The summed E-state index contributed by atoms with van der Waals surface area (Å²) >= 11 is 0. The number of anilines is 1. The molecule has 3 aromatic rings. The number of aryl methyl sites for hydroxylation is 2. The van der Waals surface area contributed by atoms with Gasteiger partial charge in [0.05, 0.1) is 12.0 Å². The van der Waals surface area contributed by atoms with Gasteiger partial charge in [-0.1, -0.05) is 0 Å². The lowest BCUT2D eigenvalue weighted by Crippen LogP contribution is -2.13. The third kappa shape index (κ3) is 3.20. The number of hydrogen-bond donors (Lipinski definition) is 2. The van der Waals surface area contributed by atoms with Crippen molar-refractivity contribution in [2.45, 2.75) is 12.8 Å². The molecule has 0 radical (unpaired) electrons. The summed E-state index contributed by atoms with van der Waals surface area (Å²) in [6, 6.07) is 5.57. The molecule has 0 aliphatic carbocycles. The van der Waals surface area contributed by atoms with Crippen LogP contribution in [0, 0.1) is 0 Å². The van der Waals surface area contributed by atoms with Gasteiger partial charge in [0.15, 0.2) is 5.82 Å². The van der Waals surface area contributed by atoms with Crippen molar-refractivity contribution < 1.29 is 4.79 Å². The number of pyridine rings is 1. The summed E-state index contributed by atoms with van der Waals surface area (Å²) in [5.41, 5.74) is 2.76. The summed E-state index contributed by atoms with van der Waals surface area (Å²) in [5.74, 6) is 0.430. The van der Waals surface area contributed by atoms with E-state index in [2.05, 4.69) is 25.5 Å². The summed E-state index contributed by atoms with van der Waals surface area (Å²) in [6.45, 7) is 0. The van der Waals surface area contributed by atoms with Crippen molar-refractivity contribution >= 4 is 11.7 Å². The van der Waals surface area contributed by atoms with Crippen molar-refractivity contribution in [1.29, 1.82) is 0 Å². The molecule has 22 heavy (non-hydrogen) atoms. The van der Waals surface area contributed by atoms with Gasteiger partial charge < -0.3 is 9.88 Å². The third-order valence-corrected chi connectivity index (χ3v) is 3.34. The average Bonchev–Trinajstić information content (AvgIpc) is 3.15. The predicted molar refractivity (Wildman–Crippen MR) is 82.0 cm³/mol. The second-order valence-corrected chi connectivity index (χ2v) is 4.95. The number of aromatic nitrogens is 5. The molecule has 3 heterocycles. The van der Waals surface area contributed by atoms with E-state index in [4.69, 9.17) is 0 Å². The molecule has 0 spiro atoms. The first kappa shape index (κ1) is 14.0.